The first-order valence-corrected chi connectivity index (χ1v) is 13.7. The van der Waals surface area contributed by atoms with Crippen molar-refractivity contribution >= 4 is 58.2 Å². The molecule has 200 valence electrons. The summed E-state index contributed by atoms with van der Waals surface area (Å²) < 4.78 is 18.6. The van der Waals surface area contributed by atoms with Crippen molar-refractivity contribution in [3.05, 3.63) is 87.5 Å². The lowest BCUT2D eigenvalue weighted by atomic mass is 9.95. The average molecular weight is 596 g/mol. The van der Waals surface area contributed by atoms with Crippen LogP contribution in [0.4, 0.5) is 0 Å². The Kier molecular flexibility index (Phi) is 8.57. The van der Waals surface area contributed by atoms with E-state index in [0.29, 0.717) is 42.7 Å². The molecule has 0 fully saturated rings. The number of nitrogens with zero attached hydrogens (tertiary/aromatic N) is 2. The van der Waals surface area contributed by atoms with Crippen molar-refractivity contribution in [2.75, 3.05) is 13.7 Å². The molecule has 0 amide bonds. The monoisotopic (exact) mass is 594 g/mol. The lowest BCUT2D eigenvalue weighted by Gasteiger charge is -2.25. The molecule has 3 aromatic rings. The molecule has 0 radical (unpaired) electrons. The minimum Gasteiger partial charge on any atom is -0.493 e. The van der Waals surface area contributed by atoms with Crippen molar-refractivity contribution in [2.24, 2.45) is 4.99 Å². The first kappa shape index (κ1) is 28.2. The van der Waals surface area contributed by atoms with E-state index in [-0.39, 0.29) is 33.9 Å². The summed E-state index contributed by atoms with van der Waals surface area (Å²) in [5.41, 5.74) is 1.47. The molecule has 1 aromatic heterocycles. The number of allylic oxidation sites excluding steroid dienone is 1. The van der Waals surface area contributed by atoms with E-state index in [0.717, 1.165) is 0 Å². The molecule has 11 heteroatoms. The third-order valence-corrected chi connectivity index (χ3v) is 7.71. The molecule has 2 aromatic carbocycles. The Labute approximate surface area is 238 Å². The Morgan fingerprint density at radius 2 is 1.92 bits per heavy atom. The number of methoxy groups -OCH3 is 1. The molecule has 1 aliphatic rings. The predicted octanol–water partition coefficient (Wildman–Crippen LogP) is 5.55. The number of hydrogen-bond acceptors (Lipinski definition) is 7. The van der Waals surface area contributed by atoms with Crippen LogP contribution in [0, 0.1) is 0 Å². The van der Waals surface area contributed by atoms with Gasteiger partial charge in [0.15, 0.2) is 16.3 Å². The molecular formula is C27H25Cl3N2O5S. The van der Waals surface area contributed by atoms with E-state index in [2.05, 4.69) is 4.99 Å². The molecular weight excluding hydrogens is 571 g/mol. The molecule has 0 N–H and O–H groups in total. The first-order valence-electron chi connectivity index (χ1n) is 11.7. The summed E-state index contributed by atoms with van der Waals surface area (Å²) in [7, 11) is 1.53. The van der Waals surface area contributed by atoms with Crippen molar-refractivity contribution in [3.63, 3.8) is 0 Å². The first-order chi connectivity index (χ1) is 18.0. The molecule has 0 spiro atoms. The van der Waals surface area contributed by atoms with Crippen LogP contribution in [0.5, 0.6) is 11.5 Å². The molecule has 0 bridgehead atoms. The summed E-state index contributed by atoms with van der Waals surface area (Å²) in [5.74, 6) is 0.459. The number of hydrogen-bond donors (Lipinski definition) is 0. The maximum atomic E-state index is 13.8. The van der Waals surface area contributed by atoms with E-state index in [1.54, 1.807) is 44.2 Å². The van der Waals surface area contributed by atoms with Crippen molar-refractivity contribution in [1.82, 2.24) is 4.57 Å². The van der Waals surface area contributed by atoms with Gasteiger partial charge in [-0.1, -0.05) is 52.2 Å². The summed E-state index contributed by atoms with van der Waals surface area (Å²) in [6.07, 6.45) is 1.54. The van der Waals surface area contributed by atoms with Crippen LogP contribution in [0.25, 0.3) is 6.08 Å². The van der Waals surface area contributed by atoms with Crippen molar-refractivity contribution in [2.45, 2.75) is 39.8 Å². The summed E-state index contributed by atoms with van der Waals surface area (Å²) >= 11 is 19.9. The number of halogens is 3. The number of rotatable bonds is 7. The molecule has 0 unspecified atom stereocenters. The summed E-state index contributed by atoms with van der Waals surface area (Å²) in [4.78, 5) is 32.0. The fourth-order valence-corrected chi connectivity index (χ4v) is 5.84. The second-order valence-electron chi connectivity index (χ2n) is 8.67. The molecule has 0 aliphatic carbocycles. The van der Waals surface area contributed by atoms with Gasteiger partial charge in [-0.2, -0.15) is 0 Å². The lowest BCUT2D eigenvalue weighted by molar-refractivity contribution is -0.139. The van der Waals surface area contributed by atoms with E-state index < -0.39 is 12.0 Å². The maximum Gasteiger partial charge on any atom is 0.338 e. The minimum absolute atomic E-state index is 0.0727. The molecule has 1 atom stereocenters. The molecule has 38 heavy (non-hydrogen) atoms. The van der Waals surface area contributed by atoms with Gasteiger partial charge < -0.3 is 14.2 Å². The second kappa shape index (κ2) is 11.5. The van der Waals surface area contributed by atoms with Crippen LogP contribution < -0.4 is 24.4 Å². The van der Waals surface area contributed by atoms with Gasteiger partial charge in [0.05, 0.1) is 51.7 Å². The van der Waals surface area contributed by atoms with Gasteiger partial charge in [-0.25, -0.2) is 9.79 Å². The van der Waals surface area contributed by atoms with Gasteiger partial charge >= 0.3 is 5.97 Å². The van der Waals surface area contributed by atoms with Gasteiger partial charge in [-0.3, -0.25) is 9.36 Å². The zero-order valence-electron chi connectivity index (χ0n) is 21.3. The number of thiazole rings is 1. The smallest absolute Gasteiger partial charge is 0.338 e. The van der Waals surface area contributed by atoms with Gasteiger partial charge in [0.1, 0.15) is 0 Å². The van der Waals surface area contributed by atoms with E-state index in [4.69, 9.17) is 49.0 Å². The highest BCUT2D eigenvalue weighted by Gasteiger charge is 2.34. The molecule has 1 aliphatic heterocycles. The van der Waals surface area contributed by atoms with Gasteiger partial charge in [-0.05, 0) is 69.2 Å². The number of carbonyl (C=O) groups is 1. The quantitative estimate of drug-likeness (QED) is 0.264. The Hall–Kier alpha value is -2.78. The molecule has 0 saturated carbocycles. The molecule has 0 saturated heterocycles. The standard InChI is InChI=1S/C27H25Cl3N2O5S/c1-6-36-26(34)22-14(4)31-27-32(24(22)15-7-8-19(37-13(2)3)20(10-15)35-5)25(33)21(38-27)11-16-9-17(28)12-18(29)23(16)30/h7-13,24H,6H2,1-5H3/b21-11-/t24-/m0/s1. The third kappa shape index (κ3) is 5.50. The Balaban J connectivity index is 1.97. The van der Waals surface area contributed by atoms with E-state index in [1.807, 2.05) is 13.8 Å². The van der Waals surface area contributed by atoms with Crippen LogP contribution in [-0.4, -0.2) is 30.4 Å². The second-order valence-corrected chi connectivity index (χ2v) is 10.9. The van der Waals surface area contributed by atoms with Crippen molar-refractivity contribution < 1.29 is 19.0 Å². The summed E-state index contributed by atoms with van der Waals surface area (Å²) in [5, 5.41) is 0.923. The SMILES string of the molecule is CCOC(=O)C1=C(C)N=c2s/c(=C\c3cc(Cl)cc(Cl)c3Cl)c(=O)n2[C@H]1c1ccc(OC(C)C)c(OC)c1. The number of ether oxygens (including phenoxy) is 3. The van der Waals surface area contributed by atoms with E-state index in [9.17, 15) is 9.59 Å². The highest BCUT2D eigenvalue weighted by atomic mass is 35.5. The lowest BCUT2D eigenvalue weighted by Crippen LogP contribution is -2.40. The van der Waals surface area contributed by atoms with E-state index >= 15 is 0 Å². The third-order valence-electron chi connectivity index (χ3n) is 5.69. The van der Waals surface area contributed by atoms with Crippen LogP contribution in [0.1, 0.15) is 44.9 Å². The van der Waals surface area contributed by atoms with E-state index in [1.165, 1.54) is 29.1 Å². The number of benzene rings is 2. The largest absolute Gasteiger partial charge is 0.493 e. The highest BCUT2D eigenvalue weighted by Crippen LogP contribution is 2.36. The molecule has 4 rings (SSSR count). The minimum atomic E-state index is -0.812. The summed E-state index contributed by atoms with van der Waals surface area (Å²) in [6, 6.07) is 7.65. The van der Waals surface area contributed by atoms with Crippen molar-refractivity contribution in [1.29, 1.82) is 0 Å². The number of fused-ring (bicyclic) bond motifs is 1. The number of aromatic nitrogens is 1. The van der Waals surface area contributed by atoms with Crippen LogP contribution in [0.15, 0.2) is 51.4 Å². The summed E-state index contributed by atoms with van der Waals surface area (Å²) in [6.45, 7) is 7.44. The van der Waals surface area contributed by atoms with Gasteiger partial charge in [0.25, 0.3) is 5.56 Å². The van der Waals surface area contributed by atoms with Crippen LogP contribution in [0.2, 0.25) is 15.1 Å². The Bertz CT molecular complexity index is 1620. The Morgan fingerprint density at radius 3 is 2.58 bits per heavy atom. The highest BCUT2D eigenvalue weighted by molar-refractivity contribution is 7.07. The van der Waals surface area contributed by atoms with Crippen molar-refractivity contribution in [3.8, 4) is 11.5 Å². The molecule has 7 nitrogen and oxygen atoms in total. The topological polar surface area (TPSA) is 79.1 Å². The fraction of sp³-hybridized carbons (Fsp3) is 0.296. The van der Waals surface area contributed by atoms with Crippen LogP contribution in [0.3, 0.4) is 0 Å². The van der Waals surface area contributed by atoms with Crippen LogP contribution >= 0.6 is 46.1 Å². The normalized spacial score (nSPS) is 15.4. The van der Waals surface area contributed by atoms with Gasteiger partial charge in [-0.15, -0.1) is 0 Å². The van der Waals surface area contributed by atoms with Gasteiger partial charge in [0.2, 0.25) is 0 Å². The van der Waals surface area contributed by atoms with Gasteiger partial charge in [0, 0.05) is 5.02 Å². The van der Waals surface area contributed by atoms with Crippen LogP contribution in [-0.2, 0) is 9.53 Å². The Morgan fingerprint density at radius 1 is 1.18 bits per heavy atom. The number of carbonyl (C=O) groups excluding carboxylic acids is 1. The molecule has 2 heterocycles. The maximum absolute atomic E-state index is 13.8. The number of esters is 1. The fourth-order valence-electron chi connectivity index (χ4n) is 4.13. The average Bonchev–Trinajstić information content (AvgIpc) is 3.15. The predicted molar refractivity (Wildman–Crippen MR) is 151 cm³/mol. The zero-order valence-corrected chi connectivity index (χ0v) is 24.4. The zero-order chi connectivity index (χ0) is 27.7.